The summed E-state index contributed by atoms with van der Waals surface area (Å²) >= 11 is 0. The Labute approximate surface area is 155 Å². The van der Waals surface area contributed by atoms with Crippen LogP contribution in [0.25, 0.3) is 0 Å². The number of nitrogens with zero attached hydrogens (tertiary/aromatic N) is 5. The number of hydrogen-bond donors (Lipinski definition) is 2. The van der Waals surface area contributed by atoms with E-state index in [1.54, 1.807) is 0 Å². The zero-order valence-corrected chi connectivity index (χ0v) is 16.1. The molecule has 4 rings (SSSR count). The van der Waals surface area contributed by atoms with Crippen molar-refractivity contribution in [3.05, 3.63) is 28.2 Å². The fourth-order valence-corrected chi connectivity index (χ4v) is 4.01. The molecule has 2 aromatic heterocycles. The third kappa shape index (κ3) is 3.28. The van der Waals surface area contributed by atoms with Crippen molar-refractivity contribution >= 4 is 11.8 Å². The Bertz CT molecular complexity index is 780. The van der Waals surface area contributed by atoms with Gasteiger partial charge >= 0.3 is 0 Å². The highest BCUT2D eigenvalue weighted by Crippen LogP contribution is 2.28. The Morgan fingerprint density at radius 1 is 0.923 bits per heavy atom. The second-order valence-corrected chi connectivity index (χ2v) is 7.61. The summed E-state index contributed by atoms with van der Waals surface area (Å²) in [5.41, 5.74) is 6.40. The maximum absolute atomic E-state index is 4.89. The number of fused-ring (bicyclic) bond motifs is 2. The monoisotopic (exact) mass is 355 g/mol. The molecular weight excluding hydrogens is 326 g/mol. The van der Waals surface area contributed by atoms with E-state index in [0.717, 1.165) is 57.1 Å². The molecule has 0 saturated carbocycles. The Morgan fingerprint density at radius 2 is 1.73 bits per heavy atom. The molecule has 1 aliphatic carbocycles. The summed E-state index contributed by atoms with van der Waals surface area (Å²) in [7, 11) is 6.14. The summed E-state index contributed by atoms with van der Waals surface area (Å²) in [6.07, 6.45) is 6.74. The van der Waals surface area contributed by atoms with E-state index in [9.17, 15) is 0 Å². The van der Waals surface area contributed by atoms with Crippen LogP contribution in [0.3, 0.4) is 0 Å². The SMILES string of the molecule is CN(C)c1nc2c(c(N(C)Cc3n[nH]c4c3CCCC4)n1)CCNCC2. The molecule has 3 heterocycles. The number of rotatable bonds is 4. The normalized spacial score (nSPS) is 16.6. The number of aromatic nitrogens is 4. The highest BCUT2D eigenvalue weighted by molar-refractivity contribution is 5.54. The standard InChI is InChI=1S/C19H29N7/c1-25(2)19-21-15-9-11-20-10-8-14(15)18(22-19)26(3)12-17-13-6-4-5-7-16(13)23-24-17/h20H,4-12H2,1-3H3,(H,23,24). The van der Waals surface area contributed by atoms with Crippen molar-refractivity contribution in [2.45, 2.75) is 45.1 Å². The lowest BCUT2D eigenvalue weighted by Gasteiger charge is -2.24. The quantitative estimate of drug-likeness (QED) is 0.865. The summed E-state index contributed by atoms with van der Waals surface area (Å²) in [5, 5.41) is 11.4. The summed E-state index contributed by atoms with van der Waals surface area (Å²) < 4.78 is 0. The minimum atomic E-state index is 0.787. The molecule has 2 aromatic rings. The molecule has 7 nitrogen and oxygen atoms in total. The van der Waals surface area contributed by atoms with Crippen LogP contribution >= 0.6 is 0 Å². The highest BCUT2D eigenvalue weighted by Gasteiger charge is 2.22. The van der Waals surface area contributed by atoms with E-state index in [0.29, 0.717) is 0 Å². The van der Waals surface area contributed by atoms with Crippen molar-refractivity contribution in [2.75, 3.05) is 44.0 Å². The predicted molar refractivity (Wildman–Crippen MR) is 104 cm³/mol. The minimum Gasteiger partial charge on any atom is -0.353 e. The Balaban J connectivity index is 1.67. The average molecular weight is 355 g/mol. The number of H-pyrrole nitrogens is 1. The topological polar surface area (TPSA) is 73.0 Å². The van der Waals surface area contributed by atoms with Crippen LogP contribution in [-0.2, 0) is 32.2 Å². The second kappa shape index (κ2) is 7.23. The van der Waals surface area contributed by atoms with Gasteiger partial charge in [0.25, 0.3) is 0 Å². The van der Waals surface area contributed by atoms with Gasteiger partial charge in [-0.25, -0.2) is 4.98 Å². The molecule has 7 heteroatoms. The third-order valence-corrected chi connectivity index (χ3v) is 5.44. The zero-order valence-electron chi connectivity index (χ0n) is 16.1. The zero-order chi connectivity index (χ0) is 18.1. The Kier molecular flexibility index (Phi) is 4.80. The van der Waals surface area contributed by atoms with Gasteiger partial charge in [-0.3, -0.25) is 5.10 Å². The molecule has 0 bridgehead atoms. The third-order valence-electron chi connectivity index (χ3n) is 5.44. The maximum atomic E-state index is 4.89. The van der Waals surface area contributed by atoms with Crippen molar-refractivity contribution in [3.8, 4) is 0 Å². The number of anilines is 2. The van der Waals surface area contributed by atoms with E-state index < -0.39 is 0 Å². The van der Waals surface area contributed by atoms with E-state index in [-0.39, 0.29) is 0 Å². The van der Waals surface area contributed by atoms with Crippen LogP contribution in [0.2, 0.25) is 0 Å². The van der Waals surface area contributed by atoms with Crippen molar-refractivity contribution in [1.82, 2.24) is 25.5 Å². The van der Waals surface area contributed by atoms with Crippen LogP contribution in [0.15, 0.2) is 0 Å². The van der Waals surface area contributed by atoms with Gasteiger partial charge in [0.2, 0.25) is 5.95 Å². The van der Waals surface area contributed by atoms with Crippen molar-refractivity contribution in [3.63, 3.8) is 0 Å². The van der Waals surface area contributed by atoms with Crippen LogP contribution in [-0.4, -0.2) is 54.4 Å². The molecule has 1 aliphatic heterocycles. The van der Waals surface area contributed by atoms with E-state index in [4.69, 9.17) is 9.97 Å². The number of aromatic amines is 1. The lowest BCUT2D eigenvalue weighted by atomic mass is 9.96. The predicted octanol–water partition coefficient (Wildman–Crippen LogP) is 1.47. The summed E-state index contributed by atoms with van der Waals surface area (Å²) in [5.74, 6) is 1.84. The first-order chi connectivity index (χ1) is 12.6. The highest BCUT2D eigenvalue weighted by atomic mass is 15.3. The van der Waals surface area contributed by atoms with Crippen molar-refractivity contribution in [1.29, 1.82) is 0 Å². The van der Waals surface area contributed by atoms with Gasteiger partial charge in [0.05, 0.1) is 17.9 Å². The van der Waals surface area contributed by atoms with Crippen LogP contribution in [0.1, 0.15) is 41.1 Å². The van der Waals surface area contributed by atoms with Crippen molar-refractivity contribution < 1.29 is 0 Å². The van der Waals surface area contributed by atoms with Gasteiger partial charge < -0.3 is 15.1 Å². The first kappa shape index (κ1) is 17.3. The van der Waals surface area contributed by atoms with Crippen LogP contribution in [0.4, 0.5) is 11.8 Å². The lowest BCUT2D eigenvalue weighted by molar-refractivity contribution is 0.671. The van der Waals surface area contributed by atoms with Gasteiger partial charge in [0.1, 0.15) is 5.82 Å². The molecule has 2 aliphatic rings. The molecular formula is C19H29N7. The average Bonchev–Trinajstić information content (AvgIpc) is 2.89. The molecule has 0 aromatic carbocycles. The molecule has 0 spiro atoms. The van der Waals surface area contributed by atoms with Crippen LogP contribution in [0.5, 0.6) is 0 Å². The van der Waals surface area contributed by atoms with Gasteiger partial charge in [-0.1, -0.05) is 0 Å². The van der Waals surface area contributed by atoms with Gasteiger partial charge in [0, 0.05) is 45.4 Å². The largest absolute Gasteiger partial charge is 0.353 e. The second-order valence-electron chi connectivity index (χ2n) is 7.61. The smallest absolute Gasteiger partial charge is 0.227 e. The molecule has 140 valence electrons. The molecule has 0 saturated heterocycles. The molecule has 0 unspecified atom stereocenters. The van der Waals surface area contributed by atoms with E-state index >= 15 is 0 Å². The van der Waals surface area contributed by atoms with Crippen LogP contribution in [0, 0.1) is 0 Å². The number of aryl methyl sites for hydroxylation is 1. The maximum Gasteiger partial charge on any atom is 0.227 e. The van der Waals surface area contributed by atoms with E-state index in [2.05, 4.69) is 27.5 Å². The molecule has 0 atom stereocenters. The summed E-state index contributed by atoms with van der Waals surface area (Å²) in [6, 6.07) is 0. The van der Waals surface area contributed by atoms with E-state index in [1.807, 2.05) is 19.0 Å². The summed E-state index contributed by atoms with van der Waals surface area (Å²) in [6.45, 7) is 2.75. The fraction of sp³-hybridized carbons (Fsp3) is 0.632. The molecule has 2 N–H and O–H groups in total. The van der Waals surface area contributed by atoms with Crippen LogP contribution < -0.4 is 15.1 Å². The van der Waals surface area contributed by atoms with Gasteiger partial charge in [0.15, 0.2) is 0 Å². The Hall–Kier alpha value is -2.15. The first-order valence-electron chi connectivity index (χ1n) is 9.67. The van der Waals surface area contributed by atoms with Crippen molar-refractivity contribution in [2.24, 2.45) is 0 Å². The fourth-order valence-electron chi connectivity index (χ4n) is 4.01. The van der Waals surface area contributed by atoms with Gasteiger partial charge in [-0.2, -0.15) is 10.1 Å². The number of nitrogens with one attached hydrogen (secondary N) is 2. The molecule has 26 heavy (non-hydrogen) atoms. The molecule has 0 amide bonds. The van der Waals surface area contributed by atoms with E-state index in [1.165, 1.54) is 41.1 Å². The first-order valence-corrected chi connectivity index (χ1v) is 9.67. The molecule has 0 radical (unpaired) electrons. The molecule has 0 fully saturated rings. The lowest BCUT2D eigenvalue weighted by Crippen LogP contribution is -2.24. The Morgan fingerprint density at radius 3 is 2.58 bits per heavy atom. The van der Waals surface area contributed by atoms with Gasteiger partial charge in [-0.05, 0) is 44.2 Å². The number of hydrogen-bond acceptors (Lipinski definition) is 6. The summed E-state index contributed by atoms with van der Waals surface area (Å²) in [4.78, 5) is 14.0. The van der Waals surface area contributed by atoms with Gasteiger partial charge in [-0.15, -0.1) is 0 Å². The minimum absolute atomic E-state index is 0.787.